The van der Waals surface area contributed by atoms with Crippen LogP contribution in [-0.2, 0) is 9.59 Å². The summed E-state index contributed by atoms with van der Waals surface area (Å²) in [5, 5.41) is 0. The highest BCUT2D eigenvalue weighted by molar-refractivity contribution is 5.94. The van der Waals surface area contributed by atoms with E-state index in [0.29, 0.717) is 6.42 Å². The van der Waals surface area contributed by atoms with Gasteiger partial charge in [-0.05, 0) is 34.1 Å². The molecule has 0 radical (unpaired) electrons. The molecule has 0 saturated heterocycles. The number of rotatable bonds is 6. The Morgan fingerprint density at radius 1 is 1.38 bits per heavy atom. The molecule has 3 heteroatoms. The minimum Gasteiger partial charge on any atom is -0.319 e. The summed E-state index contributed by atoms with van der Waals surface area (Å²) < 4.78 is 0. The van der Waals surface area contributed by atoms with E-state index in [2.05, 4.69) is 0 Å². The van der Waals surface area contributed by atoms with Gasteiger partial charge >= 0.3 is 0 Å². The highest BCUT2D eigenvalue weighted by Gasteiger charge is 2.32. The van der Waals surface area contributed by atoms with Crippen LogP contribution >= 0.6 is 0 Å². The quantitative estimate of drug-likeness (QED) is 0.705. The van der Waals surface area contributed by atoms with E-state index in [1.54, 1.807) is 6.92 Å². The first kappa shape index (κ1) is 15.0. The van der Waals surface area contributed by atoms with E-state index in [4.69, 9.17) is 5.73 Å². The van der Waals surface area contributed by atoms with Gasteiger partial charge in [0, 0.05) is 12.3 Å². The normalized spacial score (nSPS) is 17.8. The molecule has 0 aliphatic carbocycles. The van der Waals surface area contributed by atoms with Gasteiger partial charge in [-0.15, -0.1) is 0 Å². The first-order valence-electron chi connectivity index (χ1n) is 5.65. The maximum atomic E-state index is 12.0. The molecule has 0 heterocycles. The van der Waals surface area contributed by atoms with E-state index in [-0.39, 0.29) is 23.9 Å². The Morgan fingerprint density at radius 2 is 1.88 bits per heavy atom. The van der Waals surface area contributed by atoms with Crippen molar-refractivity contribution >= 4 is 11.6 Å². The van der Waals surface area contributed by atoms with Gasteiger partial charge in [0.2, 0.25) is 0 Å². The SMILES string of the molecule is C/C=C(\C)CC(C)C(=O)[C@](C)(N)CC(C)=O. The second-order valence-corrected chi connectivity index (χ2v) is 4.90. The number of allylic oxidation sites excluding steroid dienone is 2. The van der Waals surface area contributed by atoms with Crippen molar-refractivity contribution in [3.8, 4) is 0 Å². The number of carbonyl (C=O) groups excluding carboxylic acids is 2. The van der Waals surface area contributed by atoms with Crippen LogP contribution in [0.4, 0.5) is 0 Å². The van der Waals surface area contributed by atoms with Gasteiger partial charge in [-0.2, -0.15) is 0 Å². The fraction of sp³-hybridized carbons (Fsp3) is 0.692. The van der Waals surface area contributed by atoms with Crippen molar-refractivity contribution in [1.82, 2.24) is 0 Å². The fourth-order valence-corrected chi connectivity index (χ4v) is 1.86. The van der Waals surface area contributed by atoms with E-state index in [0.717, 1.165) is 0 Å². The summed E-state index contributed by atoms with van der Waals surface area (Å²) in [5.74, 6) is -0.220. The molecule has 92 valence electrons. The minimum absolute atomic E-state index is 0.0381. The van der Waals surface area contributed by atoms with Crippen LogP contribution in [0, 0.1) is 5.92 Å². The van der Waals surface area contributed by atoms with Crippen LogP contribution < -0.4 is 5.73 Å². The lowest BCUT2D eigenvalue weighted by atomic mass is 9.82. The molecular weight excluding hydrogens is 202 g/mol. The molecule has 0 saturated carbocycles. The average Bonchev–Trinajstić information content (AvgIpc) is 2.14. The zero-order chi connectivity index (χ0) is 12.9. The molecule has 0 aliphatic heterocycles. The van der Waals surface area contributed by atoms with Gasteiger partial charge in [0.1, 0.15) is 5.78 Å². The summed E-state index contributed by atoms with van der Waals surface area (Å²) in [7, 11) is 0. The van der Waals surface area contributed by atoms with Crippen LogP contribution in [0.3, 0.4) is 0 Å². The highest BCUT2D eigenvalue weighted by atomic mass is 16.1. The van der Waals surface area contributed by atoms with Crippen molar-refractivity contribution in [1.29, 1.82) is 0 Å². The number of Topliss-reactive ketones (excluding diaryl/α,β-unsaturated/α-hetero) is 2. The number of ketones is 2. The minimum atomic E-state index is -1.03. The Hall–Kier alpha value is -0.960. The van der Waals surface area contributed by atoms with Crippen LogP contribution in [-0.4, -0.2) is 17.1 Å². The monoisotopic (exact) mass is 225 g/mol. The topological polar surface area (TPSA) is 60.2 Å². The maximum absolute atomic E-state index is 12.0. The fourth-order valence-electron chi connectivity index (χ4n) is 1.86. The van der Waals surface area contributed by atoms with Crippen molar-refractivity contribution in [2.24, 2.45) is 11.7 Å². The summed E-state index contributed by atoms with van der Waals surface area (Å²) in [4.78, 5) is 23.1. The average molecular weight is 225 g/mol. The molecule has 0 amide bonds. The van der Waals surface area contributed by atoms with E-state index in [1.807, 2.05) is 26.8 Å². The highest BCUT2D eigenvalue weighted by Crippen LogP contribution is 2.19. The van der Waals surface area contributed by atoms with Crippen LogP contribution in [0.25, 0.3) is 0 Å². The Kier molecular flexibility index (Phi) is 5.59. The van der Waals surface area contributed by atoms with Gasteiger partial charge in [-0.25, -0.2) is 0 Å². The summed E-state index contributed by atoms with van der Waals surface area (Å²) in [6.45, 7) is 8.89. The van der Waals surface area contributed by atoms with Gasteiger partial charge in [0.15, 0.2) is 5.78 Å². The summed E-state index contributed by atoms with van der Waals surface area (Å²) >= 11 is 0. The molecule has 0 aliphatic rings. The van der Waals surface area contributed by atoms with E-state index in [1.165, 1.54) is 12.5 Å². The third-order valence-corrected chi connectivity index (χ3v) is 2.75. The van der Waals surface area contributed by atoms with Gasteiger partial charge in [-0.3, -0.25) is 9.59 Å². The number of nitrogens with two attached hydrogens (primary N) is 1. The first-order valence-corrected chi connectivity index (χ1v) is 5.65. The van der Waals surface area contributed by atoms with Crippen molar-refractivity contribution in [3.63, 3.8) is 0 Å². The molecule has 1 unspecified atom stereocenters. The van der Waals surface area contributed by atoms with Crippen LogP contribution in [0.5, 0.6) is 0 Å². The van der Waals surface area contributed by atoms with Crippen LogP contribution in [0.1, 0.15) is 47.5 Å². The molecule has 0 aromatic carbocycles. The lowest BCUT2D eigenvalue weighted by Gasteiger charge is -2.25. The summed E-state index contributed by atoms with van der Waals surface area (Å²) in [5.41, 5.74) is 6.03. The van der Waals surface area contributed by atoms with Crippen molar-refractivity contribution in [3.05, 3.63) is 11.6 Å². The third kappa shape index (κ3) is 4.71. The molecule has 2 N–H and O–H groups in total. The second kappa shape index (κ2) is 5.94. The van der Waals surface area contributed by atoms with E-state index < -0.39 is 5.54 Å². The van der Waals surface area contributed by atoms with Gasteiger partial charge < -0.3 is 5.73 Å². The zero-order valence-electron chi connectivity index (χ0n) is 11.0. The lowest BCUT2D eigenvalue weighted by Crippen LogP contribution is -2.49. The Bertz CT molecular complexity index is 303. The summed E-state index contributed by atoms with van der Waals surface area (Å²) in [6.07, 6.45) is 2.81. The van der Waals surface area contributed by atoms with Crippen LogP contribution in [0.2, 0.25) is 0 Å². The molecule has 0 aromatic heterocycles. The lowest BCUT2D eigenvalue weighted by molar-refractivity contribution is -0.130. The van der Waals surface area contributed by atoms with E-state index in [9.17, 15) is 9.59 Å². The predicted octanol–water partition coefficient (Wildman–Crippen LogP) is 2.24. The first-order chi connectivity index (χ1) is 7.20. The molecule has 0 spiro atoms. The predicted molar refractivity (Wildman–Crippen MR) is 66.1 cm³/mol. The van der Waals surface area contributed by atoms with Crippen molar-refractivity contribution < 1.29 is 9.59 Å². The number of carbonyl (C=O) groups is 2. The Labute approximate surface area is 98.1 Å². The van der Waals surface area contributed by atoms with Crippen molar-refractivity contribution in [2.75, 3.05) is 0 Å². The summed E-state index contributed by atoms with van der Waals surface area (Å²) in [6, 6.07) is 0. The zero-order valence-corrected chi connectivity index (χ0v) is 11.0. The van der Waals surface area contributed by atoms with Crippen LogP contribution in [0.15, 0.2) is 11.6 Å². The molecule has 0 aromatic rings. The molecule has 16 heavy (non-hydrogen) atoms. The third-order valence-electron chi connectivity index (χ3n) is 2.75. The Morgan fingerprint density at radius 3 is 2.25 bits per heavy atom. The smallest absolute Gasteiger partial charge is 0.155 e. The molecule has 2 atom stereocenters. The maximum Gasteiger partial charge on any atom is 0.155 e. The molecule has 0 rings (SSSR count). The van der Waals surface area contributed by atoms with Gasteiger partial charge in [0.25, 0.3) is 0 Å². The number of hydrogen-bond donors (Lipinski definition) is 1. The standard InChI is InChI=1S/C13H23NO2/c1-6-9(2)7-10(3)12(16)13(5,14)8-11(4)15/h6,10H,7-8,14H2,1-5H3/b9-6+/t10?,13-/m1/s1. The molecule has 0 fully saturated rings. The molecule has 3 nitrogen and oxygen atoms in total. The van der Waals surface area contributed by atoms with Gasteiger partial charge in [0.05, 0.1) is 5.54 Å². The number of hydrogen-bond acceptors (Lipinski definition) is 3. The molecular formula is C13H23NO2. The van der Waals surface area contributed by atoms with E-state index >= 15 is 0 Å². The van der Waals surface area contributed by atoms with Gasteiger partial charge in [-0.1, -0.05) is 18.6 Å². The largest absolute Gasteiger partial charge is 0.319 e. The molecule has 0 bridgehead atoms. The van der Waals surface area contributed by atoms with Crippen molar-refractivity contribution in [2.45, 2.75) is 53.0 Å². The Balaban J connectivity index is 4.59. The second-order valence-electron chi connectivity index (χ2n) is 4.90.